The Morgan fingerprint density at radius 3 is 2.64 bits per heavy atom. The molecule has 2 aromatic carbocycles. The van der Waals surface area contributed by atoms with E-state index in [1.807, 2.05) is 42.8 Å². The van der Waals surface area contributed by atoms with Crippen LogP contribution in [0.25, 0.3) is 21.9 Å². The Balaban J connectivity index is 1.69. The van der Waals surface area contributed by atoms with Crippen LogP contribution in [-0.4, -0.2) is 46.1 Å². The Morgan fingerprint density at radius 2 is 1.95 bits per heavy atom. The normalized spacial score (nSPS) is 17.0. The van der Waals surface area contributed by atoms with Crippen LogP contribution < -0.4 is 10.3 Å². The first-order valence-electron chi connectivity index (χ1n) is 12.8. The summed E-state index contributed by atoms with van der Waals surface area (Å²) < 4.78 is 19.8. The van der Waals surface area contributed by atoms with Gasteiger partial charge in [0.25, 0.3) is 5.54 Å². The summed E-state index contributed by atoms with van der Waals surface area (Å²) in [5.74, 6) is 0.930. The number of anilines is 1. The summed E-state index contributed by atoms with van der Waals surface area (Å²) >= 11 is 0. The number of phosphoric acid groups is 1. The van der Waals surface area contributed by atoms with Crippen molar-refractivity contribution in [1.29, 1.82) is 0 Å². The van der Waals surface area contributed by atoms with E-state index < -0.39 is 13.4 Å². The van der Waals surface area contributed by atoms with Crippen LogP contribution in [0, 0.1) is 0 Å². The highest BCUT2D eigenvalue weighted by Crippen LogP contribution is 2.40. The van der Waals surface area contributed by atoms with Crippen molar-refractivity contribution in [3.05, 3.63) is 53.3 Å². The summed E-state index contributed by atoms with van der Waals surface area (Å²) in [6.07, 6.45) is 4.76. The molecule has 0 saturated carbocycles. The maximum Gasteiger partial charge on any atom is 0.524 e. The van der Waals surface area contributed by atoms with Crippen molar-refractivity contribution >= 4 is 47.7 Å². The van der Waals surface area contributed by atoms with Gasteiger partial charge in [0.1, 0.15) is 22.8 Å². The highest BCUT2D eigenvalue weighted by atomic mass is 31.2. The van der Waals surface area contributed by atoms with E-state index in [2.05, 4.69) is 11.9 Å². The Bertz CT molecular complexity index is 1710. The van der Waals surface area contributed by atoms with Crippen LogP contribution in [0.5, 0.6) is 11.5 Å². The molecule has 5 N–H and O–H groups in total. The molecule has 5 rings (SSSR count). The lowest BCUT2D eigenvalue weighted by Crippen LogP contribution is -2.20. The van der Waals surface area contributed by atoms with E-state index in [0.29, 0.717) is 29.4 Å². The third kappa shape index (κ3) is 5.01. The quantitative estimate of drug-likeness (QED) is 0.178. The lowest BCUT2D eigenvalue weighted by atomic mass is 9.97. The van der Waals surface area contributed by atoms with E-state index in [-0.39, 0.29) is 29.8 Å². The van der Waals surface area contributed by atoms with Gasteiger partial charge in [-0.15, -0.1) is 4.58 Å². The number of aromatic nitrogens is 3. The van der Waals surface area contributed by atoms with Gasteiger partial charge in [-0.1, -0.05) is 20.3 Å². The number of hydrogen-bond donors (Lipinski definition) is 4. The van der Waals surface area contributed by atoms with Crippen molar-refractivity contribution in [2.75, 3.05) is 5.73 Å². The third-order valence-electron chi connectivity index (χ3n) is 7.11. The molecule has 1 amide bonds. The number of nitrogens with zero attached hydrogens (tertiary/aromatic N) is 4. The van der Waals surface area contributed by atoms with Gasteiger partial charge in [-0.2, -0.15) is 0 Å². The molecule has 1 aliphatic rings. The summed E-state index contributed by atoms with van der Waals surface area (Å²) in [5.41, 5.74) is 9.06. The highest BCUT2D eigenvalue weighted by Gasteiger charge is 2.56. The third-order valence-corrected chi connectivity index (χ3v) is 7.56. The topological polar surface area (TPSA) is 164 Å². The molecular formula is C27H31N5O6P+. The van der Waals surface area contributed by atoms with Crippen LogP contribution in [0.4, 0.5) is 5.82 Å². The number of phenolic OH excluding ortho intramolecular Hbond substituents is 1. The van der Waals surface area contributed by atoms with E-state index in [9.17, 15) is 24.3 Å². The first-order valence-corrected chi connectivity index (χ1v) is 14.3. The number of carbonyl (C=O) groups is 1. The van der Waals surface area contributed by atoms with E-state index >= 15 is 0 Å². The monoisotopic (exact) mass is 552 g/mol. The Morgan fingerprint density at radius 1 is 1.18 bits per heavy atom. The standard InChI is InChI=1S/C27H30N5O6P/c1-4-6-7-22-30-24-25(31(22)14-16-12-18(9-11-21(16)33)38-39(35,36)37)19-13-17(8-10-20(19)29-26(24)28)27(3)15-32(27)23(34)5-2/h8-13,15H,4-7,14H2,1-3H3,(H4-,28,29,33,35,36,37)/p+1. The van der Waals surface area contributed by atoms with Gasteiger partial charge in [0.2, 0.25) is 6.21 Å². The van der Waals surface area contributed by atoms with E-state index in [1.54, 1.807) is 4.58 Å². The molecule has 0 bridgehead atoms. The molecule has 0 spiro atoms. The van der Waals surface area contributed by atoms with Crippen LogP contribution in [0.2, 0.25) is 0 Å². The van der Waals surface area contributed by atoms with E-state index in [0.717, 1.165) is 35.1 Å². The predicted molar refractivity (Wildman–Crippen MR) is 147 cm³/mol. The van der Waals surface area contributed by atoms with Crippen molar-refractivity contribution in [2.24, 2.45) is 0 Å². The first kappa shape index (κ1) is 26.8. The second-order valence-electron chi connectivity index (χ2n) is 9.91. The molecule has 1 aliphatic heterocycles. The average Bonchev–Trinajstić information content (AvgIpc) is 3.45. The van der Waals surface area contributed by atoms with Crippen LogP contribution >= 0.6 is 7.82 Å². The second-order valence-corrected chi connectivity index (χ2v) is 11.1. The van der Waals surface area contributed by atoms with Crippen LogP contribution in [0.1, 0.15) is 57.0 Å². The maximum absolute atomic E-state index is 12.4. The Kier molecular flexibility index (Phi) is 6.70. The molecule has 39 heavy (non-hydrogen) atoms. The molecule has 11 nitrogen and oxygen atoms in total. The smallest absolute Gasteiger partial charge is 0.508 e. The van der Waals surface area contributed by atoms with Crippen molar-refractivity contribution in [1.82, 2.24) is 14.5 Å². The molecule has 1 unspecified atom stereocenters. The number of nitrogens with two attached hydrogens (primary N) is 1. The fourth-order valence-corrected chi connectivity index (χ4v) is 5.35. The number of rotatable bonds is 9. The number of carbonyl (C=O) groups excluding carboxylic acids is 1. The summed E-state index contributed by atoms with van der Waals surface area (Å²) in [5, 5.41) is 11.4. The summed E-state index contributed by atoms with van der Waals surface area (Å²) in [6, 6.07) is 9.84. The SMILES string of the molecule is CCCCc1nc2c(N)nc3ccc(C4(C)C=[N+]4C(=O)CC)cc3c2n1Cc1cc(OP(=O)(O)O)ccc1O. The van der Waals surface area contributed by atoms with Crippen molar-refractivity contribution < 1.29 is 33.4 Å². The highest BCUT2D eigenvalue weighted by molar-refractivity contribution is 7.46. The fraction of sp³-hybridized carbons (Fsp3) is 0.333. The largest absolute Gasteiger partial charge is 0.524 e. The van der Waals surface area contributed by atoms with Gasteiger partial charge >= 0.3 is 13.7 Å². The molecule has 0 saturated heterocycles. The van der Waals surface area contributed by atoms with Crippen LogP contribution in [0.15, 0.2) is 36.4 Å². The number of phosphoric ester groups is 1. The van der Waals surface area contributed by atoms with E-state index in [1.165, 1.54) is 18.2 Å². The molecule has 204 valence electrons. The molecule has 12 heteroatoms. The zero-order valence-corrected chi connectivity index (χ0v) is 22.9. The van der Waals surface area contributed by atoms with Gasteiger partial charge < -0.3 is 19.9 Å². The number of fused-ring (bicyclic) bond motifs is 3. The van der Waals surface area contributed by atoms with Gasteiger partial charge in [0.05, 0.1) is 24.0 Å². The minimum absolute atomic E-state index is 0.0398. The molecule has 0 fully saturated rings. The molecule has 4 aromatic rings. The zero-order chi connectivity index (χ0) is 28.1. The molecule has 0 aliphatic carbocycles. The van der Waals surface area contributed by atoms with Gasteiger partial charge in [-0.3, -0.25) is 9.79 Å². The molecular weight excluding hydrogens is 521 g/mol. The summed E-state index contributed by atoms with van der Waals surface area (Å²) in [4.78, 5) is 40.3. The van der Waals surface area contributed by atoms with Gasteiger partial charge in [-0.05, 0) is 42.8 Å². The number of nitrogen functional groups attached to an aromatic ring is 1. The van der Waals surface area contributed by atoms with Crippen molar-refractivity contribution in [2.45, 2.75) is 58.5 Å². The summed E-state index contributed by atoms with van der Waals surface area (Å²) in [6.45, 7) is 6.04. The molecule has 1 atom stereocenters. The number of hydrogen-bond acceptors (Lipinski definition) is 7. The number of phenols is 1. The second kappa shape index (κ2) is 9.75. The van der Waals surface area contributed by atoms with Crippen molar-refractivity contribution in [3.63, 3.8) is 0 Å². The lowest BCUT2D eigenvalue weighted by molar-refractivity contribution is -0.431. The number of imidazole rings is 1. The number of aryl methyl sites for hydroxylation is 1. The Hall–Kier alpha value is -3.79. The van der Waals surface area contributed by atoms with Crippen LogP contribution in [0.3, 0.4) is 0 Å². The minimum atomic E-state index is -4.78. The predicted octanol–water partition coefficient (Wildman–Crippen LogP) is 3.98. The van der Waals surface area contributed by atoms with Gasteiger partial charge in [-0.25, -0.2) is 19.3 Å². The number of unbranched alkanes of at least 4 members (excludes halogenated alkanes) is 1. The fourth-order valence-electron chi connectivity index (χ4n) is 4.96. The Labute approximate surface area is 224 Å². The number of pyridine rings is 1. The van der Waals surface area contributed by atoms with E-state index in [4.69, 9.17) is 15.2 Å². The van der Waals surface area contributed by atoms with Gasteiger partial charge in [0.15, 0.2) is 5.82 Å². The number of aromatic hydroxyl groups is 1. The minimum Gasteiger partial charge on any atom is -0.508 e. The lowest BCUT2D eigenvalue weighted by Gasteiger charge is -2.14. The van der Waals surface area contributed by atoms with Crippen LogP contribution in [-0.2, 0) is 27.9 Å². The number of amides is 1. The maximum atomic E-state index is 12.4. The average molecular weight is 553 g/mol. The molecule has 3 heterocycles. The zero-order valence-electron chi connectivity index (χ0n) is 22.0. The number of benzene rings is 2. The molecule has 0 radical (unpaired) electrons. The first-order chi connectivity index (χ1) is 18.4. The van der Waals surface area contributed by atoms with Gasteiger partial charge in [0, 0.05) is 29.9 Å². The van der Waals surface area contributed by atoms with Crippen molar-refractivity contribution in [3.8, 4) is 11.5 Å². The molecule has 2 aromatic heterocycles. The summed E-state index contributed by atoms with van der Waals surface area (Å²) in [7, 11) is -4.78.